The van der Waals surface area contributed by atoms with Crippen molar-refractivity contribution in [2.24, 2.45) is 0 Å². The predicted molar refractivity (Wildman–Crippen MR) is 129 cm³/mol. The summed E-state index contributed by atoms with van der Waals surface area (Å²) >= 11 is 9.40. The molecule has 30 heavy (non-hydrogen) atoms. The van der Waals surface area contributed by atoms with Crippen LogP contribution in [0.15, 0.2) is 71.5 Å². The second kappa shape index (κ2) is 8.52. The molecule has 2 fully saturated rings. The molecule has 1 aliphatic heterocycles. The summed E-state index contributed by atoms with van der Waals surface area (Å²) < 4.78 is 3.56. The summed E-state index contributed by atoms with van der Waals surface area (Å²) in [6.07, 6.45) is 10.6. The Hall–Kier alpha value is -2.18. The standard InChI is InChI=1S/C24H25BrN4S/c25-17-11-13-19(14-12-17)29-23(22(27-24(29)30)20-9-4-5-15-26-20)21-10-6-16-28(21)18-7-2-1-3-8-18/h4-6,9-16,18,22-23H,1-3,7-8H2,(H,27,30)/t22-,23+/m1/s1. The number of halogens is 1. The van der Waals surface area contributed by atoms with Gasteiger partial charge in [0.2, 0.25) is 0 Å². The van der Waals surface area contributed by atoms with E-state index < -0.39 is 0 Å². The van der Waals surface area contributed by atoms with Gasteiger partial charge in [-0.3, -0.25) is 4.98 Å². The first-order chi connectivity index (χ1) is 14.7. The average Bonchev–Trinajstić information content (AvgIpc) is 3.40. The Morgan fingerprint density at radius 3 is 2.50 bits per heavy atom. The lowest BCUT2D eigenvalue weighted by molar-refractivity contribution is 0.340. The number of pyridine rings is 1. The van der Waals surface area contributed by atoms with Gasteiger partial charge in [0.1, 0.15) is 6.04 Å². The molecule has 0 unspecified atom stereocenters. The van der Waals surface area contributed by atoms with Crippen molar-refractivity contribution in [3.05, 3.63) is 82.9 Å². The van der Waals surface area contributed by atoms with Crippen LogP contribution in [0.25, 0.3) is 0 Å². The van der Waals surface area contributed by atoms with Crippen LogP contribution in [-0.4, -0.2) is 14.7 Å². The summed E-state index contributed by atoms with van der Waals surface area (Å²) in [7, 11) is 0. The van der Waals surface area contributed by atoms with E-state index in [0.29, 0.717) is 6.04 Å². The van der Waals surface area contributed by atoms with Crippen LogP contribution in [0, 0.1) is 0 Å². The molecule has 2 aromatic heterocycles. The van der Waals surface area contributed by atoms with E-state index in [1.54, 1.807) is 0 Å². The molecule has 6 heteroatoms. The Balaban J connectivity index is 1.61. The zero-order chi connectivity index (χ0) is 20.5. The van der Waals surface area contributed by atoms with E-state index in [-0.39, 0.29) is 12.1 Å². The molecule has 2 aliphatic rings. The van der Waals surface area contributed by atoms with E-state index in [2.05, 4.69) is 84.4 Å². The smallest absolute Gasteiger partial charge is 0.174 e. The van der Waals surface area contributed by atoms with Gasteiger partial charge in [0, 0.05) is 34.3 Å². The summed E-state index contributed by atoms with van der Waals surface area (Å²) in [5.74, 6) is 0. The van der Waals surface area contributed by atoms with Gasteiger partial charge < -0.3 is 14.8 Å². The van der Waals surface area contributed by atoms with E-state index in [9.17, 15) is 0 Å². The van der Waals surface area contributed by atoms with Crippen molar-refractivity contribution in [1.29, 1.82) is 0 Å². The second-order valence-corrected chi connectivity index (χ2v) is 9.41. The number of nitrogens with one attached hydrogen (secondary N) is 1. The summed E-state index contributed by atoms with van der Waals surface area (Å²) in [5.41, 5.74) is 3.41. The highest BCUT2D eigenvalue weighted by atomic mass is 79.9. The van der Waals surface area contributed by atoms with Crippen molar-refractivity contribution in [3.8, 4) is 0 Å². The van der Waals surface area contributed by atoms with Crippen molar-refractivity contribution in [2.75, 3.05) is 4.90 Å². The highest BCUT2D eigenvalue weighted by molar-refractivity contribution is 9.10. The van der Waals surface area contributed by atoms with Gasteiger partial charge in [-0.2, -0.15) is 0 Å². The number of anilines is 1. The number of benzene rings is 1. The first-order valence-electron chi connectivity index (χ1n) is 10.7. The largest absolute Gasteiger partial charge is 0.351 e. The summed E-state index contributed by atoms with van der Waals surface area (Å²) in [6.45, 7) is 0. The maximum absolute atomic E-state index is 5.85. The summed E-state index contributed by atoms with van der Waals surface area (Å²) in [6, 6.07) is 19.5. The van der Waals surface area contributed by atoms with Gasteiger partial charge in [-0.15, -0.1) is 0 Å². The number of aromatic nitrogens is 2. The quantitative estimate of drug-likeness (QED) is 0.442. The molecule has 154 valence electrons. The fourth-order valence-electron chi connectivity index (χ4n) is 4.88. The third-order valence-corrected chi connectivity index (χ3v) is 7.13. The molecule has 1 aliphatic carbocycles. The van der Waals surface area contributed by atoms with Crippen LogP contribution in [0.1, 0.15) is 61.6 Å². The lowest BCUT2D eigenvalue weighted by Gasteiger charge is -2.32. The van der Waals surface area contributed by atoms with Gasteiger partial charge in [-0.25, -0.2) is 0 Å². The fourth-order valence-corrected chi connectivity index (χ4v) is 5.49. The summed E-state index contributed by atoms with van der Waals surface area (Å²) in [4.78, 5) is 6.93. The topological polar surface area (TPSA) is 33.1 Å². The van der Waals surface area contributed by atoms with Crippen molar-refractivity contribution >= 4 is 38.9 Å². The normalized spacial score (nSPS) is 22.3. The molecule has 3 aromatic rings. The molecule has 1 saturated carbocycles. The third kappa shape index (κ3) is 3.67. The lowest BCUT2D eigenvalue weighted by atomic mass is 9.94. The Morgan fingerprint density at radius 1 is 0.967 bits per heavy atom. The number of nitrogens with zero attached hydrogens (tertiary/aromatic N) is 3. The van der Waals surface area contributed by atoms with E-state index in [1.165, 1.54) is 37.8 Å². The summed E-state index contributed by atoms with van der Waals surface area (Å²) in [5, 5.41) is 4.32. The van der Waals surface area contributed by atoms with Crippen LogP contribution in [-0.2, 0) is 0 Å². The zero-order valence-corrected chi connectivity index (χ0v) is 19.1. The Bertz CT molecular complexity index is 1010. The minimum atomic E-state index is -0.000382. The van der Waals surface area contributed by atoms with Gasteiger partial charge in [-0.1, -0.05) is 41.3 Å². The zero-order valence-electron chi connectivity index (χ0n) is 16.7. The molecular formula is C24H25BrN4S. The second-order valence-electron chi connectivity index (χ2n) is 8.11. The number of hydrogen-bond donors (Lipinski definition) is 1. The molecule has 1 saturated heterocycles. The van der Waals surface area contributed by atoms with E-state index >= 15 is 0 Å². The minimum Gasteiger partial charge on any atom is -0.351 e. The molecule has 1 N–H and O–H groups in total. The third-order valence-electron chi connectivity index (χ3n) is 6.29. The van der Waals surface area contributed by atoms with Crippen molar-refractivity contribution in [2.45, 2.75) is 50.2 Å². The molecule has 4 nitrogen and oxygen atoms in total. The highest BCUT2D eigenvalue weighted by Crippen LogP contribution is 2.43. The van der Waals surface area contributed by atoms with Gasteiger partial charge in [-0.05, 0) is 73.6 Å². The van der Waals surface area contributed by atoms with E-state index in [0.717, 1.165) is 21.0 Å². The molecular weight excluding hydrogens is 456 g/mol. The van der Waals surface area contributed by atoms with Crippen LogP contribution in [0.5, 0.6) is 0 Å². The van der Waals surface area contributed by atoms with Gasteiger partial charge >= 0.3 is 0 Å². The fraction of sp³-hybridized carbons (Fsp3) is 0.333. The van der Waals surface area contributed by atoms with Gasteiger partial charge in [0.05, 0.1) is 11.7 Å². The van der Waals surface area contributed by atoms with Gasteiger partial charge in [0.15, 0.2) is 5.11 Å². The molecule has 2 atom stereocenters. The molecule has 0 radical (unpaired) electrons. The monoisotopic (exact) mass is 480 g/mol. The SMILES string of the molecule is S=C1N[C@H](c2ccccn2)[C@H](c2cccn2C2CCCCC2)N1c1ccc(Br)cc1. The minimum absolute atomic E-state index is 0.000382. The van der Waals surface area contributed by atoms with Crippen molar-refractivity contribution in [3.63, 3.8) is 0 Å². The molecule has 1 aromatic carbocycles. The van der Waals surface area contributed by atoms with E-state index in [4.69, 9.17) is 12.2 Å². The maximum Gasteiger partial charge on any atom is 0.174 e. The average molecular weight is 481 g/mol. The van der Waals surface area contributed by atoms with Crippen molar-refractivity contribution in [1.82, 2.24) is 14.9 Å². The Labute approximate surface area is 191 Å². The number of thiocarbonyl (C=S) groups is 1. The van der Waals surface area contributed by atoms with Gasteiger partial charge in [0.25, 0.3) is 0 Å². The highest BCUT2D eigenvalue weighted by Gasteiger charge is 2.42. The molecule has 0 bridgehead atoms. The number of rotatable bonds is 4. The van der Waals surface area contributed by atoms with Crippen LogP contribution in [0.2, 0.25) is 0 Å². The molecule has 0 amide bonds. The van der Waals surface area contributed by atoms with E-state index in [1.807, 2.05) is 18.3 Å². The maximum atomic E-state index is 5.85. The van der Waals surface area contributed by atoms with Crippen LogP contribution < -0.4 is 10.2 Å². The molecule has 3 heterocycles. The lowest BCUT2D eigenvalue weighted by Crippen LogP contribution is -2.31. The Kier molecular flexibility index (Phi) is 5.61. The van der Waals surface area contributed by atoms with Crippen molar-refractivity contribution < 1.29 is 0 Å². The number of hydrogen-bond acceptors (Lipinski definition) is 2. The Morgan fingerprint density at radius 2 is 1.77 bits per heavy atom. The van der Waals surface area contributed by atoms with Crippen LogP contribution >= 0.6 is 28.1 Å². The first kappa shape index (κ1) is 19.8. The van der Waals surface area contributed by atoms with Crippen LogP contribution in [0.3, 0.4) is 0 Å². The predicted octanol–water partition coefficient (Wildman–Crippen LogP) is 6.33. The molecule has 5 rings (SSSR count). The first-order valence-corrected chi connectivity index (χ1v) is 11.9. The molecule has 0 spiro atoms. The van der Waals surface area contributed by atoms with Crippen LogP contribution in [0.4, 0.5) is 5.69 Å².